The number of hydrogen-bond donors (Lipinski definition) is 0. The molecule has 10 atom stereocenters. The Morgan fingerprint density at radius 3 is 2.29 bits per heavy atom. The Morgan fingerprint density at radius 1 is 0.971 bits per heavy atom. The molecule has 0 spiro atoms. The van der Waals surface area contributed by atoms with Crippen LogP contribution in [0.3, 0.4) is 0 Å². The summed E-state index contributed by atoms with van der Waals surface area (Å²) in [5.41, 5.74) is 0.863. The molecule has 0 saturated heterocycles. The Morgan fingerprint density at radius 2 is 1.65 bits per heavy atom. The minimum absolute atomic E-state index is 0.127. The van der Waals surface area contributed by atoms with Crippen LogP contribution in [0.15, 0.2) is 11.6 Å². The SMILES string of the molecule is C=C(Cl)C[C@@H]1C(=O)CC[C@]2(C)[C@H]3CC[C@]4(C)[C@@H]([C@H](C)CC[C@@H](CC)C(C)C)CC[C@H]4[C@@H]3CC[C@@H]12. The van der Waals surface area contributed by atoms with E-state index in [1.54, 1.807) is 0 Å². The quantitative estimate of drug-likeness (QED) is 0.332. The number of allylic oxidation sites excluding steroid dienone is 1. The van der Waals surface area contributed by atoms with E-state index in [2.05, 4.69) is 48.1 Å². The Labute approximate surface area is 216 Å². The van der Waals surface area contributed by atoms with E-state index < -0.39 is 0 Å². The highest BCUT2D eigenvalue weighted by atomic mass is 35.5. The number of Topliss-reactive ketones (excluding diaryl/α,β-unsaturated/α-hetero) is 1. The maximum Gasteiger partial charge on any atom is 0.136 e. The van der Waals surface area contributed by atoms with Crippen molar-refractivity contribution in [3.8, 4) is 0 Å². The molecule has 0 aliphatic heterocycles. The number of ketones is 1. The normalized spacial score (nSPS) is 43.7. The van der Waals surface area contributed by atoms with Crippen molar-refractivity contribution in [3.05, 3.63) is 11.6 Å². The fourth-order valence-corrected chi connectivity index (χ4v) is 10.6. The fraction of sp³-hybridized carbons (Fsp3) is 0.906. The first kappa shape index (κ1) is 26.8. The van der Waals surface area contributed by atoms with E-state index in [0.29, 0.717) is 34.0 Å². The zero-order valence-corrected chi connectivity index (χ0v) is 23.9. The summed E-state index contributed by atoms with van der Waals surface area (Å²) in [5.74, 6) is 7.18. The maximum atomic E-state index is 12.9. The third-order valence-electron chi connectivity index (χ3n) is 12.4. The minimum Gasteiger partial charge on any atom is -0.299 e. The van der Waals surface area contributed by atoms with Crippen molar-refractivity contribution >= 4 is 17.4 Å². The molecule has 0 N–H and O–H groups in total. The molecule has 0 aromatic rings. The molecule has 0 aromatic heterocycles. The number of halogens is 1. The summed E-state index contributed by atoms with van der Waals surface area (Å²) in [6.45, 7) is 19.0. The van der Waals surface area contributed by atoms with E-state index in [9.17, 15) is 4.79 Å². The number of carbonyl (C=O) groups excluding carboxylic acids is 1. The number of rotatable bonds is 8. The van der Waals surface area contributed by atoms with E-state index in [0.717, 1.165) is 54.3 Å². The average Bonchev–Trinajstić information content (AvgIpc) is 3.13. The van der Waals surface area contributed by atoms with Gasteiger partial charge in [-0.1, -0.05) is 72.6 Å². The van der Waals surface area contributed by atoms with Gasteiger partial charge in [0.05, 0.1) is 0 Å². The van der Waals surface area contributed by atoms with Gasteiger partial charge in [-0.15, -0.1) is 0 Å². The summed E-state index contributed by atoms with van der Waals surface area (Å²) >= 11 is 6.25. The molecule has 0 amide bonds. The van der Waals surface area contributed by atoms with Crippen molar-refractivity contribution in [3.63, 3.8) is 0 Å². The van der Waals surface area contributed by atoms with E-state index in [1.807, 2.05) is 0 Å². The molecule has 1 nitrogen and oxygen atoms in total. The van der Waals surface area contributed by atoms with Gasteiger partial charge in [0.15, 0.2) is 0 Å². The lowest BCUT2D eigenvalue weighted by atomic mass is 9.43. The van der Waals surface area contributed by atoms with Crippen LogP contribution in [0.2, 0.25) is 0 Å². The molecule has 34 heavy (non-hydrogen) atoms. The van der Waals surface area contributed by atoms with Crippen LogP contribution in [0.5, 0.6) is 0 Å². The molecule has 0 bridgehead atoms. The van der Waals surface area contributed by atoms with E-state index in [4.69, 9.17) is 11.6 Å². The summed E-state index contributed by atoms with van der Waals surface area (Å²) in [4.78, 5) is 12.9. The van der Waals surface area contributed by atoms with Gasteiger partial charge in [-0.25, -0.2) is 0 Å². The van der Waals surface area contributed by atoms with Crippen LogP contribution < -0.4 is 0 Å². The Kier molecular flexibility index (Phi) is 8.04. The van der Waals surface area contributed by atoms with Crippen LogP contribution in [0.25, 0.3) is 0 Å². The van der Waals surface area contributed by atoms with Gasteiger partial charge in [0, 0.05) is 17.4 Å². The smallest absolute Gasteiger partial charge is 0.136 e. The van der Waals surface area contributed by atoms with Gasteiger partial charge >= 0.3 is 0 Å². The number of fused-ring (bicyclic) bond motifs is 5. The molecule has 0 unspecified atom stereocenters. The zero-order valence-electron chi connectivity index (χ0n) is 23.2. The highest BCUT2D eigenvalue weighted by Crippen LogP contribution is 2.69. The third kappa shape index (κ3) is 4.59. The third-order valence-corrected chi connectivity index (χ3v) is 12.6. The molecular formula is C32H53ClO. The fourth-order valence-electron chi connectivity index (χ4n) is 10.5. The lowest BCUT2D eigenvalue weighted by Crippen LogP contribution is -2.56. The molecule has 4 saturated carbocycles. The van der Waals surface area contributed by atoms with E-state index >= 15 is 0 Å². The predicted octanol–water partition coefficient (Wildman–Crippen LogP) is 9.68. The first-order chi connectivity index (χ1) is 16.0. The molecule has 4 aliphatic rings. The van der Waals surface area contributed by atoms with E-state index in [-0.39, 0.29) is 5.92 Å². The van der Waals surface area contributed by atoms with Crippen LogP contribution >= 0.6 is 11.6 Å². The first-order valence-corrected chi connectivity index (χ1v) is 15.3. The lowest BCUT2D eigenvalue weighted by Gasteiger charge is -2.62. The molecule has 4 fully saturated rings. The zero-order chi connectivity index (χ0) is 24.8. The van der Waals surface area contributed by atoms with Crippen molar-refractivity contribution in [2.75, 3.05) is 0 Å². The molecular weight excluding hydrogens is 436 g/mol. The van der Waals surface area contributed by atoms with Crippen molar-refractivity contribution in [1.29, 1.82) is 0 Å². The number of carbonyl (C=O) groups is 1. The first-order valence-electron chi connectivity index (χ1n) is 14.9. The van der Waals surface area contributed by atoms with Crippen LogP contribution in [0.1, 0.15) is 119 Å². The van der Waals surface area contributed by atoms with Crippen molar-refractivity contribution < 1.29 is 4.79 Å². The predicted molar refractivity (Wildman–Crippen MR) is 146 cm³/mol. The summed E-state index contributed by atoms with van der Waals surface area (Å²) < 4.78 is 0. The van der Waals surface area contributed by atoms with E-state index in [1.165, 1.54) is 57.8 Å². The molecule has 0 aromatic carbocycles. The Bertz CT molecular complexity index is 756. The van der Waals surface area contributed by atoms with Gasteiger partial charge in [-0.3, -0.25) is 4.79 Å². The van der Waals surface area contributed by atoms with Crippen molar-refractivity contribution in [1.82, 2.24) is 0 Å². The summed E-state index contributed by atoms with van der Waals surface area (Å²) in [7, 11) is 0. The Balaban J connectivity index is 1.48. The van der Waals surface area contributed by atoms with Crippen LogP contribution in [-0.2, 0) is 4.79 Å². The standard InChI is InChI=1S/C32H53ClO/c1-8-23(20(2)3)10-9-21(4)26-13-14-27-24-11-12-28-25(19-22(5)33)30(34)16-18-32(28,7)29(24)15-17-31(26,27)6/h20-21,23-29H,5,8-19H2,1-4,6-7H3/t21-,23-,24+,25+,26-,27+,28+,29+,31-,32+/m1/s1. The summed E-state index contributed by atoms with van der Waals surface area (Å²) in [6, 6.07) is 0. The van der Waals surface area contributed by atoms with Crippen molar-refractivity contribution in [2.45, 2.75) is 119 Å². The minimum atomic E-state index is 0.127. The van der Waals surface area contributed by atoms with Gasteiger partial charge in [-0.05, 0) is 116 Å². The van der Waals surface area contributed by atoms with Crippen molar-refractivity contribution in [2.24, 2.45) is 64.1 Å². The second kappa shape index (κ2) is 10.2. The molecule has 194 valence electrons. The second-order valence-electron chi connectivity index (χ2n) is 14.1. The van der Waals surface area contributed by atoms with Crippen LogP contribution in [0, 0.1) is 64.1 Å². The highest BCUT2D eigenvalue weighted by molar-refractivity contribution is 6.29. The molecule has 0 heterocycles. The van der Waals surface area contributed by atoms with Crippen LogP contribution in [0.4, 0.5) is 0 Å². The topological polar surface area (TPSA) is 17.1 Å². The van der Waals surface area contributed by atoms with Crippen LogP contribution in [-0.4, -0.2) is 5.78 Å². The Hall–Kier alpha value is -0.300. The van der Waals surface area contributed by atoms with Gasteiger partial charge in [-0.2, -0.15) is 0 Å². The lowest BCUT2D eigenvalue weighted by molar-refractivity contribution is -0.152. The average molecular weight is 489 g/mol. The molecule has 4 aliphatic carbocycles. The molecule has 4 rings (SSSR count). The van der Waals surface area contributed by atoms with Gasteiger partial charge in [0.25, 0.3) is 0 Å². The van der Waals surface area contributed by atoms with Gasteiger partial charge in [0.2, 0.25) is 0 Å². The van der Waals surface area contributed by atoms with Gasteiger partial charge < -0.3 is 0 Å². The molecule has 2 heteroatoms. The summed E-state index contributed by atoms with van der Waals surface area (Å²) in [6.07, 6.45) is 15.0. The monoisotopic (exact) mass is 488 g/mol. The highest BCUT2D eigenvalue weighted by Gasteiger charge is 2.61. The number of hydrogen-bond acceptors (Lipinski definition) is 1. The molecule has 0 radical (unpaired) electrons. The summed E-state index contributed by atoms with van der Waals surface area (Å²) in [5, 5.41) is 0.677. The second-order valence-corrected chi connectivity index (χ2v) is 14.6. The largest absolute Gasteiger partial charge is 0.299 e. The van der Waals surface area contributed by atoms with Gasteiger partial charge in [0.1, 0.15) is 5.78 Å². The maximum absolute atomic E-state index is 12.9.